The van der Waals surface area contributed by atoms with Crippen molar-refractivity contribution in [2.24, 2.45) is 0 Å². The van der Waals surface area contributed by atoms with Crippen LogP contribution < -0.4 is 0 Å². The maximum absolute atomic E-state index is 12.3. The minimum absolute atomic E-state index is 0.0265. The lowest BCUT2D eigenvalue weighted by Gasteiger charge is -2.04. The van der Waals surface area contributed by atoms with Gasteiger partial charge in [-0.1, -0.05) is 54.6 Å². The summed E-state index contributed by atoms with van der Waals surface area (Å²) in [6.45, 7) is 2.23. The number of hydrogen-bond acceptors (Lipinski definition) is 3. The molecule has 0 aromatic heterocycles. The Labute approximate surface area is 130 Å². The second-order valence-electron chi connectivity index (χ2n) is 5.05. The Balaban J connectivity index is 1.90. The molecule has 3 nitrogen and oxygen atoms in total. The molecule has 2 aromatic rings. The maximum Gasteiger partial charge on any atom is 0.305 e. The van der Waals surface area contributed by atoms with Gasteiger partial charge in [0.25, 0.3) is 0 Å². The minimum atomic E-state index is -0.154. The summed E-state index contributed by atoms with van der Waals surface area (Å²) in [4.78, 5) is 23.5. The van der Waals surface area contributed by atoms with E-state index in [9.17, 15) is 9.59 Å². The Morgan fingerprint density at radius 3 is 2.18 bits per heavy atom. The zero-order valence-corrected chi connectivity index (χ0v) is 12.7. The van der Waals surface area contributed by atoms with E-state index in [0.717, 1.165) is 18.4 Å². The Hall–Kier alpha value is -2.42. The molecule has 0 unspecified atom stereocenters. The zero-order chi connectivity index (χ0) is 15.8. The fraction of sp³-hybridized carbons (Fsp3) is 0.263. The second kappa shape index (κ2) is 8.13. The second-order valence-corrected chi connectivity index (χ2v) is 5.05. The fourth-order valence-corrected chi connectivity index (χ4v) is 2.25. The topological polar surface area (TPSA) is 43.4 Å². The van der Waals surface area contributed by atoms with Gasteiger partial charge in [0.15, 0.2) is 5.78 Å². The van der Waals surface area contributed by atoms with Crippen LogP contribution in [0.25, 0.3) is 0 Å². The normalized spacial score (nSPS) is 10.2. The first kappa shape index (κ1) is 16.0. The van der Waals surface area contributed by atoms with Crippen molar-refractivity contribution in [3.63, 3.8) is 0 Å². The molecule has 0 saturated carbocycles. The first-order valence-electron chi connectivity index (χ1n) is 7.55. The summed E-state index contributed by atoms with van der Waals surface area (Å²) >= 11 is 0. The number of hydrogen-bond donors (Lipinski definition) is 0. The van der Waals surface area contributed by atoms with Gasteiger partial charge in [0, 0.05) is 17.5 Å². The standard InChI is InChI=1S/C19H20O3/c1-2-22-18(20)10-6-7-15-11-13-17(14-12-15)19(21)16-8-4-3-5-9-16/h3-5,8-9,11-14H,2,6-7,10H2,1H3. The van der Waals surface area contributed by atoms with Gasteiger partial charge < -0.3 is 4.74 Å². The largest absolute Gasteiger partial charge is 0.466 e. The molecule has 0 saturated heterocycles. The van der Waals surface area contributed by atoms with E-state index in [1.807, 2.05) is 54.6 Å². The van der Waals surface area contributed by atoms with Gasteiger partial charge in [0.1, 0.15) is 0 Å². The number of carbonyl (C=O) groups excluding carboxylic acids is 2. The van der Waals surface area contributed by atoms with Crippen molar-refractivity contribution in [2.45, 2.75) is 26.2 Å². The van der Waals surface area contributed by atoms with Gasteiger partial charge in [-0.3, -0.25) is 9.59 Å². The SMILES string of the molecule is CCOC(=O)CCCc1ccc(C(=O)c2ccccc2)cc1. The van der Waals surface area contributed by atoms with Crippen LogP contribution in [0.4, 0.5) is 0 Å². The Morgan fingerprint density at radius 1 is 0.909 bits per heavy atom. The molecule has 0 fully saturated rings. The summed E-state index contributed by atoms with van der Waals surface area (Å²) < 4.78 is 4.90. The summed E-state index contributed by atoms with van der Waals surface area (Å²) in [5.41, 5.74) is 2.49. The van der Waals surface area contributed by atoms with Gasteiger partial charge in [-0.05, 0) is 25.3 Å². The van der Waals surface area contributed by atoms with E-state index in [-0.39, 0.29) is 11.8 Å². The Morgan fingerprint density at radius 2 is 1.55 bits per heavy atom. The van der Waals surface area contributed by atoms with Gasteiger partial charge in [-0.25, -0.2) is 0 Å². The molecule has 0 aliphatic rings. The fourth-order valence-electron chi connectivity index (χ4n) is 2.25. The summed E-state index contributed by atoms with van der Waals surface area (Å²) in [7, 11) is 0. The van der Waals surface area contributed by atoms with Crippen LogP contribution in [0.3, 0.4) is 0 Å². The van der Waals surface area contributed by atoms with Crippen molar-refractivity contribution < 1.29 is 14.3 Å². The summed E-state index contributed by atoms with van der Waals surface area (Å²) in [6.07, 6.45) is 1.99. The molecular formula is C19H20O3. The van der Waals surface area contributed by atoms with Crippen LogP contribution in [0.5, 0.6) is 0 Å². The molecule has 0 aliphatic carbocycles. The molecule has 3 heteroatoms. The molecule has 0 radical (unpaired) electrons. The smallest absolute Gasteiger partial charge is 0.305 e. The van der Waals surface area contributed by atoms with Crippen LogP contribution >= 0.6 is 0 Å². The lowest BCUT2D eigenvalue weighted by molar-refractivity contribution is -0.143. The highest BCUT2D eigenvalue weighted by Crippen LogP contribution is 2.12. The molecule has 0 aliphatic heterocycles. The zero-order valence-electron chi connectivity index (χ0n) is 12.7. The maximum atomic E-state index is 12.3. The number of ketones is 1. The van der Waals surface area contributed by atoms with E-state index in [2.05, 4.69) is 0 Å². The minimum Gasteiger partial charge on any atom is -0.466 e. The van der Waals surface area contributed by atoms with Crippen LogP contribution in [-0.2, 0) is 16.0 Å². The number of esters is 1. The molecule has 22 heavy (non-hydrogen) atoms. The number of benzene rings is 2. The number of carbonyl (C=O) groups is 2. The number of ether oxygens (including phenoxy) is 1. The quantitative estimate of drug-likeness (QED) is 0.576. The molecule has 0 atom stereocenters. The molecule has 0 heterocycles. The van der Waals surface area contributed by atoms with Crippen molar-refractivity contribution in [2.75, 3.05) is 6.61 Å². The van der Waals surface area contributed by atoms with Gasteiger partial charge in [0.2, 0.25) is 0 Å². The van der Waals surface area contributed by atoms with Crippen LogP contribution in [0, 0.1) is 0 Å². The first-order valence-corrected chi connectivity index (χ1v) is 7.55. The average molecular weight is 296 g/mol. The van der Waals surface area contributed by atoms with Crippen molar-refractivity contribution in [1.82, 2.24) is 0 Å². The monoisotopic (exact) mass is 296 g/mol. The predicted molar refractivity (Wildman–Crippen MR) is 85.9 cm³/mol. The van der Waals surface area contributed by atoms with Crippen LogP contribution in [0.15, 0.2) is 54.6 Å². The van der Waals surface area contributed by atoms with E-state index < -0.39 is 0 Å². The third-order valence-corrected chi connectivity index (χ3v) is 3.40. The third kappa shape index (κ3) is 4.55. The number of aryl methyl sites for hydroxylation is 1. The molecule has 114 valence electrons. The van der Waals surface area contributed by atoms with Crippen LogP contribution in [0.1, 0.15) is 41.3 Å². The average Bonchev–Trinajstić information content (AvgIpc) is 2.56. The van der Waals surface area contributed by atoms with Gasteiger partial charge in [0.05, 0.1) is 6.61 Å². The third-order valence-electron chi connectivity index (χ3n) is 3.40. The molecule has 2 rings (SSSR count). The molecular weight excluding hydrogens is 276 g/mol. The highest BCUT2D eigenvalue weighted by molar-refractivity contribution is 6.08. The van der Waals surface area contributed by atoms with Crippen LogP contribution in [-0.4, -0.2) is 18.4 Å². The lowest BCUT2D eigenvalue weighted by atomic mass is 10.0. The van der Waals surface area contributed by atoms with Gasteiger partial charge >= 0.3 is 5.97 Å². The summed E-state index contributed by atoms with van der Waals surface area (Å²) in [6, 6.07) is 16.8. The highest BCUT2D eigenvalue weighted by Gasteiger charge is 2.08. The molecule has 0 N–H and O–H groups in total. The van der Waals surface area contributed by atoms with E-state index in [0.29, 0.717) is 24.2 Å². The molecule has 0 bridgehead atoms. The first-order chi connectivity index (χ1) is 10.7. The van der Waals surface area contributed by atoms with Crippen molar-refractivity contribution in [3.8, 4) is 0 Å². The molecule has 0 spiro atoms. The predicted octanol–water partition coefficient (Wildman–Crippen LogP) is 3.80. The Bertz CT molecular complexity index is 615. The Kier molecular flexibility index (Phi) is 5.90. The summed E-state index contributed by atoms with van der Waals surface area (Å²) in [5, 5.41) is 0. The van der Waals surface area contributed by atoms with Crippen LogP contribution in [0.2, 0.25) is 0 Å². The van der Waals surface area contributed by atoms with Crippen molar-refractivity contribution in [3.05, 3.63) is 71.3 Å². The summed E-state index contributed by atoms with van der Waals surface area (Å²) in [5.74, 6) is -0.128. The lowest BCUT2D eigenvalue weighted by Crippen LogP contribution is -2.04. The van der Waals surface area contributed by atoms with E-state index >= 15 is 0 Å². The highest BCUT2D eigenvalue weighted by atomic mass is 16.5. The molecule has 2 aromatic carbocycles. The van der Waals surface area contributed by atoms with E-state index in [1.54, 1.807) is 6.92 Å². The van der Waals surface area contributed by atoms with Gasteiger partial charge in [-0.15, -0.1) is 0 Å². The molecule has 0 amide bonds. The van der Waals surface area contributed by atoms with E-state index in [4.69, 9.17) is 4.74 Å². The van der Waals surface area contributed by atoms with Crippen molar-refractivity contribution in [1.29, 1.82) is 0 Å². The van der Waals surface area contributed by atoms with E-state index in [1.165, 1.54) is 0 Å². The van der Waals surface area contributed by atoms with Gasteiger partial charge in [-0.2, -0.15) is 0 Å². The van der Waals surface area contributed by atoms with Crippen molar-refractivity contribution >= 4 is 11.8 Å². The number of rotatable bonds is 7.